The summed E-state index contributed by atoms with van der Waals surface area (Å²) < 4.78 is 13.8. The molecule has 0 spiro atoms. The molecule has 5 rings (SSSR count). The fourth-order valence-electron chi connectivity index (χ4n) is 4.89. The fraction of sp³-hybridized carbons (Fsp3) is 0.375. The minimum absolute atomic E-state index is 0.377. The molecule has 0 saturated carbocycles. The quantitative estimate of drug-likeness (QED) is 0.493. The molecule has 1 aliphatic heterocycles. The number of hydrogen-bond donors (Lipinski definition) is 2. The normalized spacial score (nSPS) is 16.7. The zero-order valence-corrected chi connectivity index (χ0v) is 18.6. The van der Waals surface area contributed by atoms with E-state index in [0.717, 1.165) is 35.4 Å². The lowest BCUT2D eigenvalue weighted by molar-refractivity contribution is 0.460. The van der Waals surface area contributed by atoms with Gasteiger partial charge in [0.15, 0.2) is 5.65 Å². The van der Waals surface area contributed by atoms with Crippen LogP contribution < -0.4 is 5.32 Å². The minimum atomic E-state index is -1.13. The van der Waals surface area contributed by atoms with E-state index in [-0.39, 0.29) is 0 Å². The predicted octanol–water partition coefficient (Wildman–Crippen LogP) is 4.92. The molecule has 0 radical (unpaired) electrons. The van der Waals surface area contributed by atoms with Crippen LogP contribution in [0.3, 0.4) is 0 Å². The second kappa shape index (κ2) is 7.67. The summed E-state index contributed by atoms with van der Waals surface area (Å²) in [6.07, 6.45) is 7.76. The van der Waals surface area contributed by atoms with Gasteiger partial charge in [-0.3, -0.25) is 3.97 Å². The molecular weight excluding hydrogens is 392 g/mol. The first kappa shape index (κ1) is 19.5. The minimum Gasteiger partial charge on any atom is -0.354 e. The molecule has 0 bridgehead atoms. The van der Waals surface area contributed by atoms with E-state index in [1.807, 2.05) is 18.5 Å². The zero-order valence-electron chi connectivity index (χ0n) is 17.7. The monoisotopic (exact) mass is 420 g/mol. The average molecular weight is 421 g/mol. The molecule has 30 heavy (non-hydrogen) atoms. The third-order valence-corrected chi connectivity index (χ3v) is 7.20. The Bertz CT molecular complexity index is 1250. The number of H-pyrrole nitrogens is 1. The maximum Gasteiger partial charge on any atom is 0.152 e. The summed E-state index contributed by atoms with van der Waals surface area (Å²) in [4.78, 5) is 8.20. The van der Waals surface area contributed by atoms with E-state index in [4.69, 9.17) is 0 Å². The van der Waals surface area contributed by atoms with Crippen molar-refractivity contribution >= 4 is 32.9 Å². The van der Waals surface area contributed by atoms with Crippen molar-refractivity contribution < 1.29 is 4.21 Å². The average Bonchev–Trinajstić information content (AvgIpc) is 3.35. The highest BCUT2D eigenvalue weighted by Crippen LogP contribution is 2.39. The van der Waals surface area contributed by atoms with E-state index >= 15 is 0 Å². The second-order valence-corrected chi connectivity index (χ2v) is 9.80. The topological polar surface area (TPSA) is 62.7 Å². The Hall–Kier alpha value is -2.44. The molecule has 1 aromatic carbocycles. The zero-order chi connectivity index (χ0) is 20.8. The van der Waals surface area contributed by atoms with Crippen LogP contribution in [0.1, 0.15) is 49.7 Å². The smallest absolute Gasteiger partial charge is 0.152 e. The number of rotatable bonds is 4. The molecule has 2 N–H and O–H groups in total. The summed E-state index contributed by atoms with van der Waals surface area (Å²) in [5.41, 5.74) is 7.00. The van der Waals surface area contributed by atoms with Crippen LogP contribution in [0.2, 0.25) is 0 Å². The summed E-state index contributed by atoms with van der Waals surface area (Å²) in [5.74, 6) is 1.01. The standard InChI is InChI=1S/C24H28N4OS/c1-15(2)22-20-14-17(16-6-10-25-11-7-16)4-5-21(20)27-23(22)18-8-12-26-24-19(18)9-13-28(24)30(3)29/h4-5,8-9,12-16,25,27H,6-7,10-11H2,1-3H3. The molecule has 0 aliphatic carbocycles. The van der Waals surface area contributed by atoms with E-state index < -0.39 is 11.0 Å². The summed E-state index contributed by atoms with van der Waals surface area (Å²) >= 11 is 0. The van der Waals surface area contributed by atoms with Gasteiger partial charge >= 0.3 is 0 Å². The lowest BCUT2D eigenvalue weighted by Gasteiger charge is -2.23. The highest BCUT2D eigenvalue weighted by Gasteiger charge is 2.21. The van der Waals surface area contributed by atoms with Crippen molar-refractivity contribution in [2.75, 3.05) is 19.3 Å². The molecule has 1 atom stereocenters. The number of piperidine rings is 1. The number of nitrogens with zero attached hydrogens (tertiary/aromatic N) is 2. The first-order valence-corrected chi connectivity index (χ1v) is 12.2. The van der Waals surface area contributed by atoms with Gasteiger partial charge < -0.3 is 10.3 Å². The van der Waals surface area contributed by atoms with E-state index in [1.54, 1.807) is 10.2 Å². The predicted molar refractivity (Wildman–Crippen MR) is 125 cm³/mol. The number of aromatic amines is 1. The maximum atomic E-state index is 12.1. The number of aromatic nitrogens is 3. The molecule has 6 heteroatoms. The number of hydrogen-bond acceptors (Lipinski definition) is 3. The lowest BCUT2D eigenvalue weighted by atomic mass is 9.88. The van der Waals surface area contributed by atoms with Crippen molar-refractivity contribution in [1.29, 1.82) is 0 Å². The molecule has 5 nitrogen and oxygen atoms in total. The van der Waals surface area contributed by atoms with Gasteiger partial charge in [0.2, 0.25) is 0 Å². The Morgan fingerprint density at radius 3 is 2.67 bits per heavy atom. The van der Waals surface area contributed by atoms with Gasteiger partial charge in [0, 0.05) is 40.5 Å². The number of pyridine rings is 1. The molecule has 0 amide bonds. The Labute approximate surface area is 179 Å². The molecule has 1 saturated heterocycles. The van der Waals surface area contributed by atoms with E-state index in [1.165, 1.54) is 34.9 Å². The Balaban J connectivity index is 1.71. The summed E-state index contributed by atoms with van der Waals surface area (Å²) in [7, 11) is -1.13. The van der Waals surface area contributed by atoms with E-state index in [9.17, 15) is 4.21 Å². The molecule has 1 unspecified atom stereocenters. The maximum absolute atomic E-state index is 12.1. The van der Waals surface area contributed by atoms with Crippen molar-refractivity contribution in [3.05, 3.63) is 53.9 Å². The van der Waals surface area contributed by atoms with Gasteiger partial charge in [-0.15, -0.1) is 0 Å². The largest absolute Gasteiger partial charge is 0.354 e. The first-order chi connectivity index (χ1) is 14.5. The molecule has 1 fully saturated rings. The first-order valence-electron chi connectivity index (χ1n) is 10.7. The highest BCUT2D eigenvalue weighted by atomic mass is 32.2. The van der Waals surface area contributed by atoms with Gasteiger partial charge in [-0.05, 0) is 73.2 Å². The summed E-state index contributed by atoms with van der Waals surface area (Å²) in [6.45, 7) is 6.72. The molecule has 1 aliphatic rings. The fourth-order valence-corrected chi connectivity index (χ4v) is 5.51. The van der Waals surface area contributed by atoms with Crippen LogP contribution in [-0.4, -0.2) is 37.5 Å². The van der Waals surface area contributed by atoms with Crippen molar-refractivity contribution in [3.8, 4) is 11.3 Å². The van der Waals surface area contributed by atoms with Crippen LogP contribution in [0.4, 0.5) is 0 Å². The number of fused-ring (bicyclic) bond motifs is 2. The van der Waals surface area contributed by atoms with Crippen LogP contribution >= 0.6 is 0 Å². The van der Waals surface area contributed by atoms with Gasteiger partial charge in [0.05, 0.1) is 5.69 Å². The van der Waals surface area contributed by atoms with Gasteiger partial charge in [0.1, 0.15) is 11.0 Å². The van der Waals surface area contributed by atoms with Crippen LogP contribution in [-0.2, 0) is 11.0 Å². The van der Waals surface area contributed by atoms with Crippen LogP contribution in [0, 0.1) is 0 Å². The number of nitrogens with one attached hydrogen (secondary N) is 2. The Kier molecular flexibility index (Phi) is 4.99. The molecule has 4 aromatic rings. The van der Waals surface area contributed by atoms with Gasteiger partial charge in [-0.25, -0.2) is 9.19 Å². The van der Waals surface area contributed by atoms with E-state index in [0.29, 0.717) is 11.8 Å². The highest BCUT2D eigenvalue weighted by molar-refractivity contribution is 7.82. The third kappa shape index (κ3) is 3.19. The summed E-state index contributed by atoms with van der Waals surface area (Å²) in [5, 5.41) is 5.81. The van der Waals surface area contributed by atoms with Crippen LogP contribution in [0.5, 0.6) is 0 Å². The summed E-state index contributed by atoms with van der Waals surface area (Å²) in [6, 6.07) is 11.0. The van der Waals surface area contributed by atoms with Crippen molar-refractivity contribution in [3.63, 3.8) is 0 Å². The SMILES string of the molecule is CC(C)c1c(-c2ccnc3c2ccn3S(C)=O)[nH]c2ccc(C3CCNCC3)cc12. The van der Waals surface area contributed by atoms with Gasteiger partial charge in [-0.2, -0.15) is 0 Å². The van der Waals surface area contributed by atoms with Crippen LogP contribution in [0.25, 0.3) is 33.2 Å². The van der Waals surface area contributed by atoms with E-state index in [2.05, 4.69) is 53.4 Å². The van der Waals surface area contributed by atoms with Crippen LogP contribution in [0.15, 0.2) is 42.7 Å². The second-order valence-electron chi connectivity index (χ2n) is 8.56. The van der Waals surface area contributed by atoms with Crippen molar-refractivity contribution in [1.82, 2.24) is 19.3 Å². The molecular formula is C24H28N4OS. The number of benzene rings is 1. The van der Waals surface area contributed by atoms with Crippen molar-refractivity contribution in [2.45, 2.75) is 38.5 Å². The third-order valence-electron chi connectivity index (χ3n) is 6.35. The molecule has 4 heterocycles. The van der Waals surface area contributed by atoms with Gasteiger partial charge in [-0.1, -0.05) is 19.9 Å². The Morgan fingerprint density at radius 1 is 1.13 bits per heavy atom. The van der Waals surface area contributed by atoms with Gasteiger partial charge in [0.25, 0.3) is 0 Å². The molecule has 3 aromatic heterocycles. The van der Waals surface area contributed by atoms with Crippen molar-refractivity contribution in [2.24, 2.45) is 0 Å². The molecule has 156 valence electrons. The lowest BCUT2D eigenvalue weighted by Crippen LogP contribution is -2.26. The Morgan fingerprint density at radius 2 is 1.93 bits per heavy atom.